The van der Waals surface area contributed by atoms with Gasteiger partial charge in [-0.25, -0.2) is 4.79 Å². The van der Waals surface area contributed by atoms with Gasteiger partial charge in [-0.05, 0) is 43.0 Å². The average molecular weight is 282 g/mol. The molecule has 3 heteroatoms. The first kappa shape index (κ1) is 15.1. The number of rotatable bonds is 4. The number of para-hydroxylation sites is 1. The minimum Gasteiger partial charge on any atom is -0.331 e. The van der Waals surface area contributed by atoms with Crippen LogP contribution in [0.2, 0.25) is 0 Å². The number of aryl methyl sites for hydroxylation is 2. The predicted molar refractivity (Wildman–Crippen MR) is 87.6 cm³/mol. The predicted octanol–water partition coefficient (Wildman–Crippen LogP) is 4.44. The van der Waals surface area contributed by atoms with Gasteiger partial charge in [0, 0.05) is 5.69 Å². The molecule has 2 rings (SSSR count). The second-order valence-corrected chi connectivity index (χ2v) is 5.23. The standard InChI is InChI=1S/C18H22N2O/c1-4-15-9-11-16(12-10-15)14(3)19-18(21)20-17-8-6-5-7-13(17)2/h5-12,14H,4H2,1-3H3,(H2,19,20,21). The Morgan fingerprint density at radius 2 is 1.76 bits per heavy atom. The zero-order valence-corrected chi connectivity index (χ0v) is 12.8. The molecule has 0 aromatic heterocycles. The van der Waals surface area contributed by atoms with Gasteiger partial charge in [0.15, 0.2) is 0 Å². The van der Waals surface area contributed by atoms with E-state index in [-0.39, 0.29) is 12.1 Å². The maximum absolute atomic E-state index is 12.0. The summed E-state index contributed by atoms with van der Waals surface area (Å²) in [5.74, 6) is 0. The first-order valence-electron chi connectivity index (χ1n) is 7.32. The number of carbonyl (C=O) groups excluding carboxylic acids is 1. The largest absolute Gasteiger partial charge is 0.331 e. The van der Waals surface area contributed by atoms with Crippen molar-refractivity contribution in [2.45, 2.75) is 33.2 Å². The highest BCUT2D eigenvalue weighted by molar-refractivity contribution is 5.90. The molecular weight excluding hydrogens is 260 g/mol. The molecule has 0 saturated carbocycles. The van der Waals surface area contributed by atoms with Gasteiger partial charge in [0.2, 0.25) is 0 Å². The Morgan fingerprint density at radius 1 is 1.10 bits per heavy atom. The summed E-state index contributed by atoms with van der Waals surface area (Å²) in [7, 11) is 0. The normalized spacial score (nSPS) is 11.8. The molecule has 2 aromatic carbocycles. The molecule has 0 fully saturated rings. The molecular formula is C18H22N2O. The van der Waals surface area contributed by atoms with Gasteiger partial charge in [-0.3, -0.25) is 0 Å². The van der Waals surface area contributed by atoms with Crippen molar-refractivity contribution in [3.63, 3.8) is 0 Å². The lowest BCUT2D eigenvalue weighted by atomic mass is 10.1. The highest BCUT2D eigenvalue weighted by Gasteiger charge is 2.10. The van der Waals surface area contributed by atoms with Gasteiger partial charge in [0.05, 0.1) is 6.04 Å². The van der Waals surface area contributed by atoms with Crippen LogP contribution in [-0.4, -0.2) is 6.03 Å². The molecule has 0 spiro atoms. The van der Waals surface area contributed by atoms with E-state index in [9.17, 15) is 4.79 Å². The number of carbonyl (C=O) groups is 1. The molecule has 0 bridgehead atoms. The molecule has 0 radical (unpaired) electrons. The Bertz CT molecular complexity index is 605. The van der Waals surface area contributed by atoms with Gasteiger partial charge < -0.3 is 10.6 Å². The summed E-state index contributed by atoms with van der Waals surface area (Å²) in [5, 5.41) is 5.84. The van der Waals surface area contributed by atoms with Gasteiger partial charge in [0.1, 0.15) is 0 Å². The highest BCUT2D eigenvalue weighted by atomic mass is 16.2. The van der Waals surface area contributed by atoms with Crippen molar-refractivity contribution >= 4 is 11.7 Å². The highest BCUT2D eigenvalue weighted by Crippen LogP contribution is 2.16. The van der Waals surface area contributed by atoms with Crippen molar-refractivity contribution in [3.8, 4) is 0 Å². The van der Waals surface area contributed by atoms with E-state index in [4.69, 9.17) is 0 Å². The van der Waals surface area contributed by atoms with E-state index >= 15 is 0 Å². The average Bonchev–Trinajstić information content (AvgIpc) is 2.49. The molecule has 0 saturated heterocycles. The third-order valence-electron chi connectivity index (χ3n) is 3.63. The van der Waals surface area contributed by atoms with Crippen LogP contribution in [0.1, 0.15) is 36.6 Å². The fourth-order valence-corrected chi connectivity index (χ4v) is 2.19. The van der Waals surface area contributed by atoms with Crippen LogP contribution >= 0.6 is 0 Å². The van der Waals surface area contributed by atoms with Crippen LogP contribution in [0.5, 0.6) is 0 Å². The van der Waals surface area contributed by atoms with Crippen molar-refractivity contribution in [3.05, 3.63) is 65.2 Å². The molecule has 0 aliphatic heterocycles. The van der Waals surface area contributed by atoms with E-state index in [2.05, 4.69) is 41.8 Å². The Morgan fingerprint density at radius 3 is 2.38 bits per heavy atom. The van der Waals surface area contributed by atoms with E-state index in [1.807, 2.05) is 38.1 Å². The molecule has 0 aliphatic carbocycles. The van der Waals surface area contributed by atoms with Crippen molar-refractivity contribution in [1.82, 2.24) is 5.32 Å². The van der Waals surface area contributed by atoms with Crippen LogP contribution in [0.25, 0.3) is 0 Å². The molecule has 2 aromatic rings. The molecule has 1 unspecified atom stereocenters. The summed E-state index contributed by atoms with van der Waals surface area (Å²) in [6.07, 6.45) is 1.02. The van der Waals surface area contributed by atoms with Crippen LogP contribution in [0.15, 0.2) is 48.5 Å². The van der Waals surface area contributed by atoms with Gasteiger partial charge >= 0.3 is 6.03 Å². The Balaban J connectivity index is 1.97. The van der Waals surface area contributed by atoms with Gasteiger partial charge in [0.25, 0.3) is 0 Å². The molecule has 2 amide bonds. The Kier molecular flexibility index (Phi) is 4.99. The number of hydrogen-bond acceptors (Lipinski definition) is 1. The van der Waals surface area contributed by atoms with Crippen molar-refractivity contribution in [2.24, 2.45) is 0 Å². The number of nitrogens with one attached hydrogen (secondary N) is 2. The van der Waals surface area contributed by atoms with E-state index in [0.717, 1.165) is 23.2 Å². The van der Waals surface area contributed by atoms with Crippen LogP contribution < -0.4 is 10.6 Å². The first-order chi connectivity index (χ1) is 10.1. The van der Waals surface area contributed by atoms with Crippen LogP contribution in [0.3, 0.4) is 0 Å². The number of benzene rings is 2. The zero-order chi connectivity index (χ0) is 15.2. The smallest absolute Gasteiger partial charge is 0.319 e. The summed E-state index contributed by atoms with van der Waals surface area (Å²) in [6, 6.07) is 15.9. The Labute approximate surface area is 126 Å². The number of hydrogen-bond donors (Lipinski definition) is 2. The van der Waals surface area contributed by atoms with Crippen LogP contribution in [0, 0.1) is 6.92 Å². The monoisotopic (exact) mass is 282 g/mol. The molecule has 3 nitrogen and oxygen atoms in total. The fraction of sp³-hybridized carbons (Fsp3) is 0.278. The topological polar surface area (TPSA) is 41.1 Å². The zero-order valence-electron chi connectivity index (χ0n) is 12.8. The van der Waals surface area contributed by atoms with E-state index in [0.29, 0.717) is 0 Å². The maximum Gasteiger partial charge on any atom is 0.319 e. The van der Waals surface area contributed by atoms with Gasteiger partial charge in [-0.2, -0.15) is 0 Å². The number of amides is 2. The van der Waals surface area contributed by atoms with Gasteiger partial charge in [-0.1, -0.05) is 49.4 Å². The summed E-state index contributed by atoms with van der Waals surface area (Å²) in [5.41, 5.74) is 4.29. The lowest BCUT2D eigenvalue weighted by Crippen LogP contribution is -2.31. The van der Waals surface area contributed by atoms with E-state index < -0.39 is 0 Å². The summed E-state index contributed by atoms with van der Waals surface area (Å²) < 4.78 is 0. The van der Waals surface area contributed by atoms with E-state index in [1.165, 1.54) is 5.56 Å². The molecule has 2 N–H and O–H groups in total. The molecule has 0 aliphatic rings. The molecule has 0 heterocycles. The van der Waals surface area contributed by atoms with Crippen LogP contribution in [-0.2, 0) is 6.42 Å². The molecule has 1 atom stereocenters. The van der Waals surface area contributed by atoms with E-state index in [1.54, 1.807) is 0 Å². The quantitative estimate of drug-likeness (QED) is 0.855. The maximum atomic E-state index is 12.0. The minimum atomic E-state index is -0.184. The molecule has 110 valence electrons. The Hall–Kier alpha value is -2.29. The second-order valence-electron chi connectivity index (χ2n) is 5.23. The second kappa shape index (κ2) is 6.93. The fourth-order valence-electron chi connectivity index (χ4n) is 2.19. The van der Waals surface area contributed by atoms with Crippen molar-refractivity contribution in [2.75, 3.05) is 5.32 Å². The van der Waals surface area contributed by atoms with Crippen molar-refractivity contribution in [1.29, 1.82) is 0 Å². The molecule has 21 heavy (non-hydrogen) atoms. The number of urea groups is 1. The summed E-state index contributed by atoms with van der Waals surface area (Å²) in [6.45, 7) is 6.09. The van der Waals surface area contributed by atoms with Gasteiger partial charge in [-0.15, -0.1) is 0 Å². The minimum absolute atomic E-state index is 0.0278. The third kappa shape index (κ3) is 4.09. The van der Waals surface area contributed by atoms with Crippen LogP contribution in [0.4, 0.5) is 10.5 Å². The summed E-state index contributed by atoms with van der Waals surface area (Å²) in [4.78, 5) is 12.0. The third-order valence-corrected chi connectivity index (χ3v) is 3.63. The first-order valence-corrected chi connectivity index (χ1v) is 7.32. The van der Waals surface area contributed by atoms with Crippen molar-refractivity contribution < 1.29 is 4.79 Å². The summed E-state index contributed by atoms with van der Waals surface area (Å²) >= 11 is 0. The lowest BCUT2D eigenvalue weighted by Gasteiger charge is -2.16. The number of anilines is 1. The SMILES string of the molecule is CCc1ccc(C(C)NC(=O)Nc2ccccc2C)cc1. The lowest BCUT2D eigenvalue weighted by molar-refractivity contribution is 0.249.